The lowest BCUT2D eigenvalue weighted by atomic mass is 10.0. The first-order chi connectivity index (χ1) is 7.19. The van der Waals surface area contributed by atoms with Crippen LogP contribution in [0.3, 0.4) is 0 Å². The Bertz CT molecular complexity index is 183. The third-order valence-corrected chi connectivity index (χ3v) is 2.19. The lowest BCUT2D eigenvalue weighted by Gasteiger charge is -2.23. The van der Waals surface area contributed by atoms with Crippen molar-refractivity contribution < 1.29 is 14.9 Å². The molecule has 6 nitrogen and oxygen atoms in total. The highest BCUT2D eigenvalue weighted by Crippen LogP contribution is 2.10. The Morgan fingerprint density at radius 2 is 2.07 bits per heavy atom. The molecule has 0 saturated heterocycles. The Labute approximate surface area is 90.1 Å². The third kappa shape index (κ3) is 5.56. The predicted molar refractivity (Wildman–Crippen MR) is 58.4 cm³/mol. The minimum atomic E-state index is -0.253. The number of hydrogen-bond donors (Lipinski definition) is 4. The van der Waals surface area contributed by atoms with Crippen LogP contribution in [0.15, 0.2) is 4.99 Å². The lowest BCUT2D eigenvalue weighted by molar-refractivity contribution is -0.0296. The van der Waals surface area contributed by atoms with E-state index in [1.807, 2.05) is 6.92 Å². The van der Waals surface area contributed by atoms with Crippen LogP contribution in [-0.2, 0) is 4.74 Å². The van der Waals surface area contributed by atoms with Gasteiger partial charge in [-0.3, -0.25) is 4.99 Å². The molecule has 15 heavy (non-hydrogen) atoms. The van der Waals surface area contributed by atoms with Crippen molar-refractivity contribution in [3.05, 3.63) is 0 Å². The molecular formula is C9H21N3O3. The monoisotopic (exact) mass is 219 g/mol. The number of guanidine groups is 1. The zero-order valence-corrected chi connectivity index (χ0v) is 9.31. The van der Waals surface area contributed by atoms with Gasteiger partial charge in [-0.25, -0.2) is 0 Å². The quantitative estimate of drug-likeness (QED) is 0.247. The highest BCUT2D eigenvalue weighted by atomic mass is 16.5. The van der Waals surface area contributed by atoms with Gasteiger partial charge in [-0.1, -0.05) is 6.92 Å². The van der Waals surface area contributed by atoms with Crippen LogP contribution in [0.5, 0.6) is 0 Å². The maximum atomic E-state index is 8.97. The van der Waals surface area contributed by atoms with Crippen LogP contribution < -0.4 is 11.1 Å². The largest absolute Gasteiger partial charge is 0.396 e. The fourth-order valence-corrected chi connectivity index (χ4v) is 1.18. The molecule has 0 amide bonds. The van der Waals surface area contributed by atoms with Crippen LogP contribution >= 0.6 is 0 Å². The molecule has 0 aromatic carbocycles. The summed E-state index contributed by atoms with van der Waals surface area (Å²) >= 11 is 0. The molecule has 5 N–H and O–H groups in total. The molecule has 90 valence electrons. The molecule has 0 aromatic rings. The number of ether oxygens (including phenoxy) is 1. The van der Waals surface area contributed by atoms with Crippen LogP contribution in [0.1, 0.15) is 13.3 Å². The van der Waals surface area contributed by atoms with Crippen LogP contribution in [0.4, 0.5) is 0 Å². The van der Waals surface area contributed by atoms with E-state index >= 15 is 0 Å². The molecule has 0 saturated carbocycles. The first-order valence-corrected chi connectivity index (χ1v) is 4.99. The van der Waals surface area contributed by atoms with Crippen molar-refractivity contribution in [1.29, 1.82) is 0 Å². The second-order valence-corrected chi connectivity index (χ2v) is 3.17. The molecule has 0 fully saturated rings. The highest BCUT2D eigenvalue weighted by Gasteiger charge is 2.18. The molecule has 0 aliphatic carbocycles. The first kappa shape index (κ1) is 14.2. The summed E-state index contributed by atoms with van der Waals surface area (Å²) in [5, 5.41) is 20.7. The summed E-state index contributed by atoms with van der Waals surface area (Å²) in [6.07, 6.45) is 0.536. The summed E-state index contributed by atoms with van der Waals surface area (Å²) in [5.41, 5.74) is 5.40. The molecule has 0 rings (SSSR count). The number of rotatable bonds is 7. The number of aliphatic imine (C=N–C) groups is 1. The van der Waals surface area contributed by atoms with Crippen molar-refractivity contribution in [2.24, 2.45) is 16.6 Å². The van der Waals surface area contributed by atoms with Gasteiger partial charge >= 0.3 is 0 Å². The standard InChI is InChI=1S/C9H21N3O3/c1-3-8(7(4-13)5-14)15-6-12-9(10)11-2/h7-8,13-14H,3-6H2,1-2H3,(H3,10,11,12). The van der Waals surface area contributed by atoms with Gasteiger partial charge in [0.2, 0.25) is 0 Å². The highest BCUT2D eigenvalue weighted by molar-refractivity contribution is 5.77. The maximum absolute atomic E-state index is 8.97. The summed E-state index contributed by atoms with van der Waals surface area (Å²) in [6, 6.07) is 0. The summed E-state index contributed by atoms with van der Waals surface area (Å²) in [6.45, 7) is 1.97. The Morgan fingerprint density at radius 3 is 2.47 bits per heavy atom. The molecule has 0 aliphatic heterocycles. The predicted octanol–water partition coefficient (Wildman–Crippen LogP) is -1.13. The minimum absolute atomic E-state index is 0.0909. The van der Waals surface area contributed by atoms with Gasteiger partial charge in [0.15, 0.2) is 5.96 Å². The third-order valence-electron chi connectivity index (χ3n) is 2.19. The topological polar surface area (TPSA) is 100 Å². The van der Waals surface area contributed by atoms with Crippen molar-refractivity contribution >= 4 is 5.96 Å². The van der Waals surface area contributed by atoms with Crippen LogP contribution in [0, 0.1) is 5.92 Å². The number of aliphatic hydroxyl groups excluding tert-OH is 2. The van der Waals surface area contributed by atoms with E-state index in [1.165, 1.54) is 0 Å². The van der Waals surface area contributed by atoms with Crippen molar-refractivity contribution in [2.45, 2.75) is 19.4 Å². The fraction of sp³-hybridized carbons (Fsp3) is 0.889. The molecule has 1 atom stereocenters. The van der Waals surface area contributed by atoms with Crippen molar-refractivity contribution in [3.63, 3.8) is 0 Å². The second kappa shape index (κ2) is 8.46. The Hall–Kier alpha value is -0.850. The van der Waals surface area contributed by atoms with Crippen molar-refractivity contribution in [3.8, 4) is 0 Å². The van der Waals surface area contributed by atoms with E-state index in [1.54, 1.807) is 7.05 Å². The van der Waals surface area contributed by atoms with Gasteiger partial charge in [-0.2, -0.15) is 0 Å². The Balaban J connectivity index is 3.89. The summed E-state index contributed by atoms with van der Waals surface area (Å²) < 4.78 is 5.42. The SMILES string of the molecule is CCC(OCNC(N)=NC)C(CO)CO. The van der Waals surface area contributed by atoms with Gasteiger partial charge in [0.25, 0.3) is 0 Å². The molecule has 6 heteroatoms. The van der Waals surface area contributed by atoms with Gasteiger partial charge < -0.3 is 26.0 Å². The number of nitrogens with zero attached hydrogens (tertiary/aromatic N) is 1. The fourth-order valence-electron chi connectivity index (χ4n) is 1.18. The van der Waals surface area contributed by atoms with Gasteiger partial charge in [0.05, 0.1) is 19.3 Å². The van der Waals surface area contributed by atoms with E-state index in [-0.39, 0.29) is 32.0 Å². The maximum Gasteiger partial charge on any atom is 0.190 e. The Morgan fingerprint density at radius 1 is 1.47 bits per heavy atom. The molecule has 0 radical (unpaired) electrons. The Kier molecular flexibility index (Phi) is 7.98. The van der Waals surface area contributed by atoms with Crippen molar-refractivity contribution in [1.82, 2.24) is 5.32 Å². The van der Waals surface area contributed by atoms with Crippen LogP contribution in [-0.4, -0.2) is 49.3 Å². The second-order valence-electron chi connectivity index (χ2n) is 3.17. The van der Waals surface area contributed by atoms with Gasteiger partial charge in [-0.05, 0) is 6.42 Å². The molecule has 1 unspecified atom stereocenters. The average Bonchev–Trinajstić information content (AvgIpc) is 2.27. The summed E-state index contributed by atoms with van der Waals surface area (Å²) in [4.78, 5) is 3.70. The number of aliphatic hydroxyl groups is 2. The molecule has 0 heterocycles. The van der Waals surface area contributed by atoms with E-state index < -0.39 is 0 Å². The molecule has 0 spiro atoms. The minimum Gasteiger partial charge on any atom is -0.396 e. The lowest BCUT2D eigenvalue weighted by Crippen LogP contribution is -2.37. The van der Waals surface area contributed by atoms with E-state index in [0.29, 0.717) is 5.96 Å². The molecular weight excluding hydrogens is 198 g/mol. The van der Waals surface area contributed by atoms with Gasteiger partial charge in [-0.15, -0.1) is 0 Å². The van der Waals surface area contributed by atoms with Gasteiger partial charge in [0, 0.05) is 13.0 Å². The van der Waals surface area contributed by atoms with Crippen molar-refractivity contribution in [2.75, 3.05) is 27.0 Å². The van der Waals surface area contributed by atoms with E-state index in [0.717, 1.165) is 6.42 Å². The normalized spacial score (nSPS) is 14.3. The zero-order valence-electron chi connectivity index (χ0n) is 9.31. The van der Waals surface area contributed by atoms with E-state index in [2.05, 4.69) is 10.3 Å². The summed E-state index contributed by atoms with van der Waals surface area (Å²) in [7, 11) is 1.57. The summed E-state index contributed by atoms with van der Waals surface area (Å²) in [5.74, 6) is 0.0472. The molecule has 0 aliphatic rings. The molecule has 0 aromatic heterocycles. The van der Waals surface area contributed by atoms with Crippen LogP contribution in [0.2, 0.25) is 0 Å². The van der Waals surface area contributed by atoms with Crippen LogP contribution in [0.25, 0.3) is 0 Å². The van der Waals surface area contributed by atoms with E-state index in [9.17, 15) is 0 Å². The zero-order chi connectivity index (χ0) is 11.7. The van der Waals surface area contributed by atoms with E-state index in [4.69, 9.17) is 20.7 Å². The smallest absolute Gasteiger partial charge is 0.190 e. The van der Waals surface area contributed by atoms with Gasteiger partial charge in [0.1, 0.15) is 6.73 Å². The molecule has 0 bridgehead atoms. The number of hydrogen-bond acceptors (Lipinski definition) is 4. The average molecular weight is 219 g/mol. The first-order valence-electron chi connectivity index (χ1n) is 4.99. The number of nitrogens with two attached hydrogens (primary N) is 1. The number of nitrogens with one attached hydrogen (secondary N) is 1.